The summed E-state index contributed by atoms with van der Waals surface area (Å²) in [6.07, 6.45) is 0. The van der Waals surface area contributed by atoms with Crippen LogP contribution in [-0.4, -0.2) is 20.7 Å². The van der Waals surface area contributed by atoms with Crippen molar-refractivity contribution in [2.75, 3.05) is 0 Å². The lowest BCUT2D eigenvalue weighted by atomic mass is 9.84. The van der Waals surface area contributed by atoms with Gasteiger partial charge in [-0.05, 0) is 36.8 Å². The van der Waals surface area contributed by atoms with Crippen LogP contribution in [0.1, 0.15) is 28.3 Å². The maximum Gasteiger partial charge on any atom is 0.334 e. The fraction of sp³-hybridized carbons (Fsp3) is 0.100. The van der Waals surface area contributed by atoms with Crippen molar-refractivity contribution in [1.29, 1.82) is 0 Å². The number of hydrogen-bond acceptors (Lipinski definition) is 5. The van der Waals surface area contributed by atoms with Crippen LogP contribution in [0.15, 0.2) is 103 Å². The standard InChI is InChI=1S/C30H23N3O3/c1-19(30(34)35-18-21-11-5-3-6-12-21)26-24-17-22-13-9-10-16-25(22)31-28(24)36-29-27(26)20(2)32-33(29)23-14-7-4-8-15-23/h3-17,26H,1,18H2,2H3/t26-/m0/s1. The zero-order valence-corrected chi connectivity index (χ0v) is 19.7. The monoisotopic (exact) mass is 473 g/mol. The Morgan fingerprint density at radius 1 is 1.00 bits per heavy atom. The number of rotatable bonds is 5. The van der Waals surface area contributed by atoms with Gasteiger partial charge in [0.2, 0.25) is 11.8 Å². The molecule has 3 aromatic carbocycles. The topological polar surface area (TPSA) is 66.2 Å². The Morgan fingerprint density at radius 3 is 2.47 bits per heavy atom. The van der Waals surface area contributed by atoms with E-state index in [2.05, 4.69) is 6.58 Å². The third kappa shape index (κ3) is 3.73. The van der Waals surface area contributed by atoms with Gasteiger partial charge in [-0.1, -0.05) is 73.3 Å². The van der Waals surface area contributed by atoms with Crippen LogP contribution in [0.4, 0.5) is 0 Å². The van der Waals surface area contributed by atoms with Crippen LogP contribution in [0.2, 0.25) is 0 Å². The van der Waals surface area contributed by atoms with E-state index in [9.17, 15) is 4.79 Å². The summed E-state index contributed by atoms with van der Waals surface area (Å²) in [6.45, 7) is 6.28. The van der Waals surface area contributed by atoms with E-state index in [0.29, 0.717) is 17.3 Å². The van der Waals surface area contributed by atoms with Crippen molar-refractivity contribution >= 4 is 16.9 Å². The zero-order valence-electron chi connectivity index (χ0n) is 19.7. The number of benzene rings is 3. The van der Waals surface area contributed by atoms with E-state index < -0.39 is 11.9 Å². The summed E-state index contributed by atoms with van der Waals surface area (Å²) >= 11 is 0. The van der Waals surface area contributed by atoms with Gasteiger partial charge in [-0.25, -0.2) is 14.5 Å². The second kappa shape index (κ2) is 8.82. The molecular formula is C30H23N3O3. The van der Waals surface area contributed by atoms with Crippen LogP contribution >= 0.6 is 0 Å². The Labute approximate surface area is 208 Å². The summed E-state index contributed by atoms with van der Waals surface area (Å²) in [5, 5.41) is 5.72. The van der Waals surface area contributed by atoms with Gasteiger partial charge in [0.05, 0.1) is 28.4 Å². The van der Waals surface area contributed by atoms with Crippen molar-refractivity contribution in [3.63, 3.8) is 0 Å². The van der Waals surface area contributed by atoms with Gasteiger partial charge < -0.3 is 9.47 Å². The predicted octanol–water partition coefficient (Wildman–Crippen LogP) is 6.27. The molecule has 0 radical (unpaired) electrons. The van der Waals surface area contributed by atoms with E-state index in [0.717, 1.165) is 39.0 Å². The molecule has 36 heavy (non-hydrogen) atoms. The van der Waals surface area contributed by atoms with Crippen molar-refractivity contribution in [3.05, 3.63) is 126 Å². The molecule has 0 unspecified atom stereocenters. The highest BCUT2D eigenvalue weighted by Crippen LogP contribution is 2.49. The quantitative estimate of drug-likeness (QED) is 0.222. The Hall–Kier alpha value is -4.71. The minimum absolute atomic E-state index is 0.167. The van der Waals surface area contributed by atoms with Crippen LogP contribution in [0, 0.1) is 6.92 Å². The molecule has 0 bridgehead atoms. The predicted molar refractivity (Wildman–Crippen MR) is 137 cm³/mol. The van der Waals surface area contributed by atoms with Crippen LogP contribution in [0.3, 0.4) is 0 Å². The molecule has 1 aliphatic rings. The molecule has 6 nitrogen and oxygen atoms in total. The molecule has 3 heterocycles. The summed E-state index contributed by atoms with van der Waals surface area (Å²) in [5.74, 6) is -0.0273. The van der Waals surface area contributed by atoms with Crippen LogP contribution < -0.4 is 4.74 Å². The Balaban J connectivity index is 1.46. The number of pyridine rings is 1. The molecule has 2 aromatic heterocycles. The number of carbonyl (C=O) groups excluding carboxylic acids is 1. The highest BCUT2D eigenvalue weighted by atomic mass is 16.5. The Morgan fingerprint density at radius 2 is 1.69 bits per heavy atom. The van der Waals surface area contributed by atoms with Gasteiger partial charge in [-0.15, -0.1) is 0 Å². The highest BCUT2D eigenvalue weighted by Gasteiger charge is 2.38. The number of aryl methyl sites for hydroxylation is 1. The fourth-order valence-electron chi connectivity index (χ4n) is 4.64. The number of aromatic nitrogens is 3. The normalized spacial score (nSPS) is 14.0. The Kier molecular flexibility index (Phi) is 5.34. The number of fused-ring (bicyclic) bond motifs is 3. The molecule has 0 spiro atoms. The van der Waals surface area contributed by atoms with Crippen molar-refractivity contribution in [1.82, 2.24) is 14.8 Å². The van der Waals surface area contributed by atoms with E-state index in [-0.39, 0.29) is 6.61 Å². The van der Waals surface area contributed by atoms with Crippen molar-refractivity contribution in [2.45, 2.75) is 19.4 Å². The van der Waals surface area contributed by atoms with Crippen LogP contribution in [0.25, 0.3) is 16.6 Å². The molecule has 0 amide bonds. The number of ether oxygens (including phenoxy) is 2. The van der Waals surface area contributed by atoms with E-state index in [1.165, 1.54) is 0 Å². The molecule has 0 aliphatic carbocycles. The molecule has 6 heteroatoms. The van der Waals surface area contributed by atoms with E-state index in [4.69, 9.17) is 19.6 Å². The lowest BCUT2D eigenvalue weighted by Gasteiger charge is -2.27. The zero-order chi connectivity index (χ0) is 24.6. The SMILES string of the molecule is C=C(C(=O)OCc1ccccc1)[C@H]1c2cc3ccccc3nc2Oc2c1c(C)nn2-c1ccccc1. The number of nitrogens with zero attached hydrogens (tertiary/aromatic N) is 3. The molecule has 0 N–H and O–H groups in total. The lowest BCUT2D eigenvalue weighted by Crippen LogP contribution is -2.20. The maximum atomic E-state index is 13.3. The first-order chi connectivity index (χ1) is 17.6. The molecule has 6 rings (SSSR count). The molecule has 176 valence electrons. The average molecular weight is 474 g/mol. The van der Waals surface area contributed by atoms with Gasteiger partial charge in [0.15, 0.2) is 0 Å². The second-order valence-electron chi connectivity index (χ2n) is 8.75. The van der Waals surface area contributed by atoms with Crippen LogP contribution in [0.5, 0.6) is 11.8 Å². The lowest BCUT2D eigenvalue weighted by molar-refractivity contribution is -0.140. The summed E-state index contributed by atoms with van der Waals surface area (Å²) in [5.41, 5.74) is 5.16. The summed E-state index contributed by atoms with van der Waals surface area (Å²) < 4.78 is 13.8. The number of esters is 1. The van der Waals surface area contributed by atoms with E-state index in [1.54, 1.807) is 4.68 Å². The third-order valence-corrected chi connectivity index (χ3v) is 6.40. The third-order valence-electron chi connectivity index (χ3n) is 6.40. The molecule has 5 aromatic rings. The Bertz CT molecular complexity index is 1610. The minimum atomic E-state index is -0.512. The smallest absolute Gasteiger partial charge is 0.334 e. The number of para-hydroxylation sites is 2. The van der Waals surface area contributed by atoms with E-state index in [1.807, 2.05) is 97.9 Å². The van der Waals surface area contributed by atoms with Crippen molar-refractivity contribution in [2.24, 2.45) is 0 Å². The first kappa shape index (κ1) is 21.8. The molecule has 0 saturated heterocycles. The molecule has 1 atom stereocenters. The average Bonchev–Trinajstić information content (AvgIpc) is 3.25. The number of carbonyl (C=O) groups is 1. The van der Waals surface area contributed by atoms with E-state index >= 15 is 0 Å². The molecule has 0 saturated carbocycles. The van der Waals surface area contributed by atoms with Gasteiger partial charge in [-0.3, -0.25) is 0 Å². The molecular weight excluding hydrogens is 450 g/mol. The summed E-state index contributed by atoms with van der Waals surface area (Å²) in [6, 6.07) is 29.2. The number of hydrogen-bond donors (Lipinski definition) is 0. The van der Waals surface area contributed by atoms with Gasteiger partial charge in [0.1, 0.15) is 6.61 Å². The fourth-order valence-corrected chi connectivity index (χ4v) is 4.64. The maximum absolute atomic E-state index is 13.3. The van der Waals surface area contributed by atoms with Gasteiger partial charge >= 0.3 is 5.97 Å². The minimum Gasteiger partial charge on any atom is -0.457 e. The molecule has 0 fully saturated rings. The summed E-state index contributed by atoms with van der Waals surface area (Å²) in [4.78, 5) is 18.1. The van der Waals surface area contributed by atoms with Gasteiger partial charge in [0, 0.05) is 16.5 Å². The first-order valence-corrected chi connectivity index (χ1v) is 11.7. The van der Waals surface area contributed by atoms with Crippen molar-refractivity contribution < 1.29 is 14.3 Å². The van der Waals surface area contributed by atoms with Crippen LogP contribution in [-0.2, 0) is 16.1 Å². The van der Waals surface area contributed by atoms with Crippen molar-refractivity contribution in [3.8, 4) is 17.4 Å². The van der Waals surface area contributed by atoms with Gasteiger partial charge in [-0.2, -0.15) is 5.10 Å². The highest BCUT2D eigenvalue weighted by molar-refractivity contribution is 5.92. The van der Waals surface area contributed by atoms with Gasteiger partial charge in [0.25, 0.3) is 0 Å². The molecule has 1 aliphatic heterocycles. The first-order valence-electron chi connectivity index (χ1n) is 11.7. The largest absolute Gasteiger partial charge is 0.457 e. The second-order valence-corrected chi connectivity index (χ2v) is 8.75. The summed E-state index contributed by atoms with van der Waals surface area (Å²) in [7, 11) is 0.